The molecule has 2 aliphatic heterocycles. The van der Waals surface area contributed by atoms with Gasteiger partial charge in [0.15, 0.2) is 11.4 Å². The number of carbonyl (C=O) groups is 2. The van der Waals surface area contributed by atoms with E-state index in [9.17, 15) is 9.59 Å². The molecule has 2 aromatic rings. The quantitative estimate of drug-likeness (QED) is 0.719. The van der Waals surface area contributed by atoms with Crippen LogP contribution in [-0.2, 0) is 15.1 Å². The van der Waals surface area contributed by atoms with E-state index in [1.165, 1.54) is 0 Å². The van der Waals surface area contributed by atoms with Gasteiger partial charge in [0.1, 0.15) is 17.4 Å². The molecule has 5 rings (SSSR count). The van der Waals surface area contributed by atoms with E-state index in [1.54, 1.807) is 6.07 Å². The molecule has 27 heavy (non-hydrogen) atoms. The van der Waals surface area contributed by atoms with E-state index in [0.717, 1.165) is 5.56 Å². The van der Waals surface area contributed by atoms with Gasteiger partial charge in [-0.25, -0.2) is 4.79 Å². The second-order valence-electron chi connectivity index (χ2n) is 7.41. The fourth-order valence-corrected chi connectivity index (χ4v) is 4.40. The lowest BCUT2D eigenvalue weighted by molar-refractivity contribution is -0.127. The van der Waals surface area contributed by atoms with Crippen molar-refractivity contribution in [3.05, 3.63) is 88.7 Å². The highest BCUT2D eigenvalue weighted by Gasteiger charge is 2.61. The van der Waals surface area contributed by atoms with Crippen molar-refractivity contribution in [2.45, 2.75) is 19.4 Å². The van der Waals surface area contributed by atoms with Gasteiger partial charge in [0.2, 0.25) is 0 Å². The normalized spacial score (nSPS) is 25.2. The maximum atomic E-state index is 13.5. The molecule has 1 spiro atoms. The van der Waals surface area contributed by atoms with Crippen LogP contribution in [0, 0.1) is 11.8 Å². The summed E-state index contributed by atoms with van der Waals surface area (Å²) in [4.78, 5) is 26.2. The van der Waals surface area contributed by atoms with Crippen molar-refractivity contribution >= 4 is 11.8 Å². The highest BCUT2D eigenvalue weighted by Crippen LogP contribution is 2.56. The fraction of sp³-hybridized carbons (Fsp3) is 0.217. The van der Waals surface area contributed by atoms with Gasteiger partial charge in [-0.3, -0.25) is 4.79 Å². The lowest BCUT2D eigenvalue weighted by atomic mass is 9.68. The monoisotopic (exact) mass is 358 g/mol. The molecule has 2 unspecified atom stereocenters. The number of ether oxygens (including phenoxy) is 2. The van der Waals surface area contributed by atoms with E-state index in [4.69, 9.17) is 9.47 Å². The first kappa shape index (κ1) is 16.1. The van der Waals surface area contributed by atoms with Crippen molar-refractivity contribution in [3.63, 3.8) is 0 Å². The standard InChI is InChI=1S/C23H18O4/c1-13(2)14-11-12-19-20(21(14)24)23(17-9-5-6-10-18(17)26-19)16-8-4-3-7-15(16)22(25)27-23/h3-13,20H,1-2H3. The van der Waals surface area contributed by atoms with E-state index in [1.807, 2.05) is 68.5 Å². The minimum Gasteiger partial charge on any atom is -0.460 e. The minimum atomic E-state index is -1.19. The third-order valence-corrected chi connectivity index (χ3v) is 5.60. The highest BCUT2D eigenvalue weighted by atomic mass is 16.6. The summed E-state index contributed by atoms with van der Waals surface area (Å²) < 4.78 is 12.1. The molecule has 4 nitrogen and oxygen atoms in total. The number of allylic oxidation sites excluding steroid dienone is 3. The molecule has 0 saturated heterocycles. The van der Waals surface area contributed by atoms with Crippen molar-refractivity contribution in [3.8, 4) is 5.75 Å². The average Bonchev–Trinajstić information content (AvgIpc) is 2.95. The van der Waals surface area contributed by atoms with Gasteiger partial charge in [-0.2, -0.15) is 0 Å². The molecule has 3 aliphatic rings. The summed E-state index contributed by atoms with van der Waals surface area (Å²) >= 11 is 0. The molecule has 4 heteroatoms. The average molecular weight is 358 g/mol. The molecule has 0 aromatic heterocycles. The number of Topliss-reactive ketones (excluding diaryl/α,β-unsaturated/α-hetero) is 1. The van der Waals surface area contributed by atoms with Gasteiger partial charge in [-0.05, 0) is 29.7 Å². The first-order valence-electron chi connectivity index (χ1n) is 9.10. The number of esters is 1. The minimum absolute atomic E-state index is 0.0542. The second-order valence-corrected chi connectivity index (χ2v) is 7.41. The van der Waals surface area contributed by atoms with Gasteiger partial charge in [0.25, 0.3) is 0 Å². The Morgan fingerprint density at radius 2 is 1.63 bits per heavy atom. The maximum Gasteiger partial charge on any atom is 0.339 e. The molecule has 2 heterocycles. The fourth-order valence-electron chi connectivity index (χ4n) is 4.40. The first-order chi connectivity index (χ1) is 13.0. The van der Waals surface area contributed by atoms with Gasteiger partial charge in [-0.15, -0.1) is 0 Å². The zero-order valence-corrected chi connectivity index (χ0v) is 15.1. The molecule has 134 valence electrons. The Kier molecular flexibility index (Phi) is 3.23. The predicted octanol–water partition coefficient (Wildman–Crippen LogP) is 4.16. The smallest absolute Gasteiger partial charge is 0.339 e. The molecule has 1 aliphatic carbocycles. The molecule has 0 N–H and O–H groups in total. The van der Waals surface area contributed by atoms with Crippen molar-refractivity contribution < 1.29 is 19.1 Å². The van der Waals surface area contributed by atoms with Gasteiger partial charge in [-0.1, -0.05) is 56.3 Å². The Bertz CT molecular complexity index is 1060. The Labute approximate surface area is 157 Å². The van der Waals surface area contributed by atoms with Crippen LogP contribution in [0.25, 0.3) is 0 Å². The summed E-state index contributed by atoms with van der Waals surface area (Å²) in [5.41, 5.74) is 1.46. The largest absolute Gasteiger partial charge is 0.460 e. The summed E-state index contributed by atoms with van der Waals surface area (Å²) in [7, 11) is 0. The van der Waals surface area contributed by atoms with Crippen molar-refractivity contribution in [2.75, 3.05) is 0 Å². The summed E-state index contributed by atoms with van der Waals surface area (Å²) in [6, 6.07) is 14.8. The number of fused-ring (bicyclic) bond motifs is 6. The zero-order valence-electron chi connectivity index (χ0n) is 15.1. The number of hydrogen-bond donors (Lipinski definition) is 0. The zero-order chi connectivity index (χ0) is 18.8. The summed E-state index contributed by atoms with van der Waals surface area (Å²) in [6.07, 6.45) is 3.66. The van der Waals surface area contributed by atoms with E-state index in [2.05, 4.69) is 0 Å². The Morgan fingerprint density at radius 3 is 2.41 bits per heavy atom. The molecule has 0 amide bonds. The lowest BCUT2D eigenvalue weighted by Gasteiger charge is -2.43. The molecule has 0 fully saturated rings. The lowest BCUT2D eigenvalue weighted by Crippen LogP contribution is -2.48. The van der Waals surface area contributed by atoms with Crippen LogP contribution in [0.3, 0.4) is 0 Å². The maximum absolute atomic E-state index is 13.5. The van der Waals surface area contributed by atoms with Gasteiger partial charge in [0.05, 0.1) is 5.56 Å². The Morgan fingerprint density at radius 1 is 0.926 bits per heavy atom. The first-order valence-corrected chi connectivity index (χ1v) is 9.10. The number of ketones is 1. The molecule has 0 bridgehead atoms. The van der Waals surface area contributed by atoms with Gasteiger partial charge >= 0.3 is 5.97 Å². The van der Waals surface area contributed by atoms with E-state index >= 15 is 0 Å². The number of hydrogen-bond acceptors (Lipinski definition) is 4. The number of benzene rings is 2. The van der Waals surface area contributed by atoms with Crippen LogP contribution in [0.1, 0.15) is 35.3 Å². The number of carbonyl (C=O) groups excluding carboxylic acids is 2. The van der Waals surface area contributed by atoms with Crippen molar-refractivity contribution in [1.29, 1.82) is 0 Å². The van der Waals surface area contributed by atoms with Crippen LogP contribution >= 0.6 is 0 Å². The van der Waals surface area contributed by atoms with E-state index in [-0.39, 0.29) is 11.7 Å². The SMILES string of the molecule is CC(C)C1=CC=C2Oc3ccccc3C3(OC(=O)c4ccccc43)C2C1=O. The molecular formula is C23H18O4. The van der Waals surface area contributed by atoms with Crippen molar-refractivity contribution in [1.82, 2.24) is 0 Å². The molecule has 2 atom stereocenters. The van der Waals surface area contributed by atoms with Crippen LogP contribution in [0.15, 0.2) is 72.0 Å². The van der Waals surface area contributed by atoms with Crippen LogP contribution in [-0.4, -0.2) is 11.8 Å². The molecular weight excluding hydrogens is 340 g/mol. The third-order valence-electron chi connectivity index (χ3n) is 5.60. The van der Waals surface area contributed by atoms with Crippen LogP contribution < -0.4 is 4.74 Å². The number of para-hydroxylation sites is 1. The van der Waals surface area contributed by atoms with E-state index < -0.39 is 17.5 Å². The van der Waals surface area contributed by atoms with Crippen LogP contribution in [0.5, 0.6) is 5.75 Å². The van der Waals surface area contributed by atoms with Gasteiger partial charge < -0.3 is 9.47 Å². The predicted molar refractivity (Wildman–Crippen MR) is 99.2 cm³/mol. The summed E-state index contributed by atoms with van der Waals surface area (Å²) in [5, 5.41) is 0. The highest BCUT2D eigenvalue weighted by molar-refractivity contribution is 6.04. The number of rotatable bonds is 1. The van der Waals surface area contributed by atoms with Crippen LogP contribution in [0.2, 0.25) is 0 Å². The Balaban J connectivity index is 1.84. The van der Waals surface area contributed by atoms with Crippen molar-refractivity contribution in [2.24, 2.45) is 11.8 Å². The van der Waals surface area contributed by atoms with Crippen LogP contribution in [0.4, 0.5) is 0 Å². The Hall–Kier alpha value is -3.14. The van der Waals surface area contributed by atoms with Gasteiger partial charge in [0, 0.05) is 11.1 Å². The molecule has 0 saturated carbocycles. The molecule has 0 radical (unpaired) electrons. The second kappa shape index (κ2) is 5.43. The third kappa shape index (κ3) is 1.98. The topological polar surface area (TPSA) is 52.6 Å². The summed E-state index contributed by atoms with van der Waals surface area (Å²) in [5.74, 6) is 0.0159. The van der Waals surface area contributed by atoms with E-state index in [0.29, 0.717) is 28.2 Å². The molecule has 2 aromatic carbocycles. The summed E-state index contributed by atoms with van der Waals surface area (Å²) in [6.45, 7) is 3.98.